The van der Waals surface area contributed by atoms with Gasteiger partial charge in [0.05, 0.1) is 29.0 Å². The minimum absolute atomic E-state index is 0.116. The fourth-order valence-corrected chi connectivity index (χ4v) is 4.50. The summed E-state index contributed by atoms with van der Waals surface area (Å²) in [5.74, 6) is -0.708. The van der Waals surface area contributed by atoms with E-state index in [1.54, 1.807) is 17.6 Å². The molecule has 3 aromatic rings. The first-order chi connectivity index (χ1) is 14.3. The second-order valence-electron chi connectivity index (χ2n) is 8.36. The molecule has 0 bridgehead atoms. The van der Waals surface area contributed by atoms with Crippen LogP contribution in [0.4, 0.5) is 0 Å². The Hall–Kier alpha value is -3.03. The summed E-state index contributed by atoms with van der Waals surface area (Å²) in [6.07, 6.45) is 0.133. The highest BCUT2D eigenvalue weighted by molar-refractivity contribution is 5.86. The summed E-state index contributed by atoms with van der Waals surface area (Å²) in [5, 5.41) is 12.0. The summed E-state index contributed by atoms with van der Waals surface area (Å²) >= 11 is 0. The van der Waals surface area contributed by atoms with Crippen LogP contribution in [0.5, 0.6) is 0 Å². The van der Waals surface area contributed by atoms with Crippen molar-refractivity contribution in [3.05, 3.63) is 62.9 Å². The summed E-state index contributed by atoms with van der Waals surface area (Å²) < 4.78 is 6.77. The molecule has 0 spiro atoms. The summed E-state index contributed by atoms with van der Waals surface area (Å²) in [6.45, 7) is 2.83. The molecule has 2 aliphatic heterocycles. The van der Waals surface area contributed by atoms with Gasteiger partial charge >= 0.3 is 5.97 Å². The lowest BCUT2D eigenvalue weighted by Crippen LogP contribution is -2.44. The van der Waals surface area contributed by atoms with Crippen LogP contribution in [0.3, 0.4) is 0 Å². The zero-order valence-corrected chi connectivity index (χ0v) is 17.2. The van der Waals surface area contributed by atoms with Crippen LogP contribution in [0.1, 0.15) is 35.6 Å². The number of ether oxygens (including phenoxy) is 1. The number of pyridine rings is 2. The van der Waals surface area contributed by atoms with E-state index in [1.165, 1.54) is 5.56 Å². The van der Waals surface area contributed by atoms with Gasteiger partial charge in [0, 0.05) is 23.1 Å². The number of carbonyl (C=O) groups excluding carboxylic acids is 1. The van der Waals surface area contributed by atoms with Crippen LogP contribution < -0.4 is 5.56 Å². The molecule has 0 radical (unpaired) electrons. The second kappa shape index (κ2) is 6.48. The highest BCUT2D eigenvalue weighted by atomic mass is 16.6. The third kappa shape index (κ3) is 2.62. The average Bonchev–Trinajstić information content (AvgIpc) is 3.07. The van der Waals surface area contributed by atoms with E-state index in [0.717, 1.165) is 28.7 Å². The Kier molecular flexibility index (Phi) is 4.10. The number of benzene rings is 1. The van der Waals surface area contributed by atoms with E-state index in [9.17, 15) is 14.7 Å². The van der Waals surface area contributed by atoms with Crippen LogP contribution in [0.2, 0.25) is 0 Å². The molecule has 0 aliphatic carbocycles. The van der Waals surface area contributed by atoms with Gasteiger partial charge in [-0.25, -0.2) is 9.78 Å². The molecule has 1 aromatic carbocycles. The molecule has 0 fully saturated rings. The van der Waals surface area contributed by atoms with Crippen molar-refractivity contribution < 1.29 is 14.6 Å². The Morgan fingerprint density at radius 2 is 2.03 bits per heavy atom. The number of hydrogen-bond donors (Lipinski definition) is 1. The minimum Gasteiger partial charge on any atom is -0.458 e. The number of carbonyl (C=O) groups is 1. The standard InChI is InChI=1S/C23H23N3O4/c1-4-23(29)17-9-19-20-15(11-26(19)21(27)16(17)12-30-22(23)28)8-14-7-13(10-25(2)3)5-6-18(14)24-20/h5-9,29H,4,10-12H2,1-3H3. The number of hydrogen-bond acceptors (Lipinski definition) is 6. The summed E-state index contributed by atoms with van der Waals surface area (Å²) in [5.41, 5.74) is 2.99. The van der Waals surface area contributed by atoms with Crippen LogP contribution in [0, 0.1) is 0 Å². The molecule has 0 amide bonds. The van der Waals surface area contributed by atoms with E-state index in [-0.39, 0.29) is 18.6 Å². The van der Waals surface area contributed by atoms with E-state index in [1.807, 2.05) is 20.2 Å². The molecule has 0 saturated heterocycles. The van der Waals surface area contributed by atoms with Crippen LogP contribution >= 0.6 is 0 Å². The van der Waals surface area contributed by atoms with Crippen molar-refractivity contribution in [2.24, 2.45) is 0 Å². The molecule has 0 saturated carbocycles. The first-order valence-electron chi connectivity index (χ1n) is 10.1. The van der Waals surface area contributed by atoms with Crippen molar-refractivity contribution >= 4 is 16.9 Å². The highest BCUT2D eigenvalue weighted by Gasteiger charge is 2.45. The summed E-state index contributed by atoms with van der Waals surface area (Å²) in [4.78, 5) is 32.4. The van der Waals surface area contributed by atoms with Gasteiger partial charge in [0.1, 0.15) is 6.61 Å². The predicted molar refractivity (Wildman–Crippen MR) is 112 cm³/mol. The second-order valence-corrected chi connectivity index (χ2v) is 8.36. The first-order valence-corrected chi connectivity index (χ1v) is 10.1. The Morgan fingerprint density at radius 3 is 2.77 bits per heavy atom. The fourth-order valence-electron chi connectivity index (χ4n) is 4.50. The molecule has 7 nitrogen and oxygen atoms in total. The topological polar surface area (TPSA) is 84.7 Å². The van der Waals surface area contributed by atoms with Crippen LogP contribution in [-0.4, -0.2) is 39.6 Å². The molecule has 30 heavy (non-hydrogen) atoms. The first kappa shape index (κ1) is 19.0. The van der Waals surface area contributed by atoms with E-state index >= 15 is 0 Å². The van der Waals surface area contributed by atoms with Crippen molar-refractivity contribution in [2.45, 2.75) is 38.6 Å². The molecule has 2 aromatic heterocycles. The smallest absolute Gasteiger partial charge is 0.343 e. The van der Waals surface area contributed by atoms with Gasteiger partial charge in [0.15, 0.2) is 5.60 Å². The van der Waals surface area contributed by atoms with Crippen LogP contribution in [0.25, 0.3) is 22.3 Å². The Bertz CT molecular complexity index is 1280. The largest absolute Gasteiger partial charge is 0.458 e. The van der Waals surface area contributed by atoms with Crippen molar-refractivity contribution in [2.75, 3.05) is 14.1 Å². The number of aromatic nitrogens is 2. The number of aliphatic hydroxyl groups is 1. The number of esters is 1. The third-order valence-corrected chi connectivity index (χ3v) is 6.07. The Morgan fingerprint density at radius 1 is 1.23 bits per heavy atom. The van der Waals surface area contributed by atoms with E-state index in [4.69, 9.17) is 9.72 Å². The normalized spacial score (nSPS) is 19.6. The minimum atomic E-state index is -1.80. The fraction of sp³-hybridized carbons (Fsp3) is 0.348. The van der Waals surface area contributed by atoms with Crippen molar-refractivity contribution in [3.8, 4) is 11.4 Å². The zero-order chi connectivity index (χ0) is 21.2. The van der Waals surface area contributed by atoms with Gasteiger partial charge in [-0.1, -0.05) is 13.0 Å². The molecular formula is C23H23N3O4. The molecule has 7 heteroatoms. The maximum Gasteiger partial charge on any atom is 0.343 e. The van der Waals surface area contributed by atoms with Gasteiger partial charge in [-0.2, -0.15) is 0 Å². The predicted octanol–water partition coefficient (Wildman–Crippen LogP) is 2.14. The van der Waals surface area contributed by atoms with Gasteiger partial charge in [-0.05, 0) is 50.3 Å². The van der Waals surface area contributed by atoms with E-state index in [0.29, 0.717) is 23.4 Å². The number of fused-ring (bicyclic) bond motifs is 5. The number of nitrogens with zero attached hydrogens (tertiary/aromatic N) is 3. The lowest BCUT2D eigenvalue weighted by Gasteiger charge is -2.31. The number of cyclic esters (lactones) is 1. The highest BCUT2D eigenvalue weighted by Crippen LogP contribution is 2.38. The molecule has 1 atom stereocenters. The summed E-state index contributed by atoms with van der Waals surface area (Å²) in [6, 6.07) is 10.00. The van der Waals surface area contributed by atoms with Crippen molar-refractivity contribution in [1.82, 2.24) is 14.5 Å². The monoisotopic (exact) mass is 405 g/mol. The van der Waals surface area contributed by atoms with Gasteiger partial charge < -0.3 is 19.3 Å². The molecule has 5 rings (SSSR count). The quantitative estimate of drug-likeness (QED) is 0.526. The molecular weight excluding hydrogens is 382 g/mol. The molecule has 4 heterocycles. The maximum absolute atomic E-state index is 13.2. The summed E-state index contributed by atoms with van der Waals surface area (Å²) in [7, 11) is 4.06. The molecule has 2 aliphatic rings. The van der Waals surface area contributed by atoms with Gasteiger partial charge in [-0.15, -0.1) is 0 Å². The SMILES string of the molecule is CCC1(O)C(=O)OCc2c1cc1n(c2=O)Cc2cc3cc(CN(C)C)ccc3nc2-1. The zero-order valence-electron chi connectivity index (χ0n) is 17.2. The van der Waals surface area contributed by atoms with Crippen LogP contribution in [-0.2, 0) is 34.8 Å². The molecule has 154 valence electrons. The van der Waals surface area contributed by atoms with Crippen molar-refractivity contribution in [3.63, 3.8) is 0 Å². The number of rotatable bonds is 3. The van der Waals surface area contributed by atoms with Gasteiger partial charge in [0.25, 0.3) is 5.56 Å². The average molecular weight is 405 g/mol. The van der Waals surface area contributed by atoms with E-state index < -0.39 is 11.6 Å². The Labute approximate surface area is 173 Å². The molecule has 1 N–H and O–H groups in total. The van der Waals surface area contributed by atoms with Gasteiger partial charge in [-0.3, -0.25) is 4.79 Å². The van der Waals surface area contributed by atoms with Crippen molar-refractivity contribution in [1.29, 1.82) is 0 Å². The maximum atomic E-state index is 13.2. The third-order valence-electron chi connectivity index (χ3n) is 6.07. The van der Waals surface area contributed by atoms with Crippen LogP contribution in [0.15, 0.2) is 35.1 Å². The van der Waals surface area contributed by atoms with Gasteiger partial charge in [0.2, 0.25) is 0 Å². The lowest BCUT2D eigenvalue weighted by atomic mass is 9.86. The van der Waals surface area contributed by atoms with E-state index in [2.05, 4.69) is 23.1 Å². The lowest BCUT2D eigenvalue weighted by molar-refractivity contribution is -0.172. The molecule has 1 unspecified atom stereocenters. The Balaban J connectivity index is 1.69.